The third-order valence-electron chi connectivity index (χ3n) is 3.31. The molecule has 0 spiro atoms. The molecule has 0 rings (SSSR count). The van der Waals surface area contributed by atoms with E-state index in [0.717, 1.165) is 5.57 Å². The van der Waals surface area contributed by atoms with Crippen LogP contribution in [0.4, 0.5) is 9.59 Å². The zero-order valence-corrected chi connectivity index (χ0v) is 16.9. The fourth-order valence-corrected chi connectivity index (χ4v) is 1.85. The van der Waals surface area contributed by atoms with E-state index >= 15 is 0 Å². The quantitative estimate of drug-likeness (QED) is 0.702. The lowest BCUT2D eigenvalue weighted by molar-refractivity contribution is 0.0510. The first-order valence-corrected chi connectivity index (χ1v) is 8.57. The predicted octanol–water partition coefficient (Wildman–Crippen LogP) is 4.17. The third kappa shape index (κ3) is 11.2. The van der Waals surface area contributed by atoms with E-state index < -0.39 is 17.8 Å². The van der Waals surface area contributed by atoms with Crippen molar-refractivity contribution in [3.05, 3.63) is 23.8 Å². The molecule has 2 amide bonds. The lowest BCUT2D eigenvalue weighted by Gasteiger charge is -2.31. The summed E-state index contributed by atoms with van der Waals surface area (Å²) in [5.41, 5.74) is 0.0845. The maximum absolute atomic E-state index is 12.1. The number of alkyl carbamates (subject to hydrolysis) is 2. The molecule has 0 fully saturated rings. The average Bonchev–Trinajstić information content (AvgIpc) is 2.44. The van der Waals surface area contributed by atoms with E-state index in [1.165, 1.54) is 0 Å². The highest BCUT2D eigenvalue weighted by Crippen LogP contribution is 2.19. The third-order valence-corrected chi connectivity index (χ3v) is 3.31. The molecular weight excluding hydrogens is 320 g/mol. The predicted molar refractivity (Wildman–Crippen MR) is 101 cm³/mol. The highest BCUT2D eigenvalue weighted by Gasteiger charge is 2.28. The van der Waals surface area contributed by atoms with Gasteiger partial charge in [0, 0.05) is 6.54 Å². The Morgan fingerprint density at radius 2 is 1.64 bits per heavy atom. The van der Waals surface area contributed by atoms with Gasteiger partial charge in [0.1, 0.15) is 12.2 Å². The van der Waals surface area contributed by atoms with Gasteiger partial charge >= 0.3 is 12.2 Å². The normalized spacial score (nSPS) is 14.2. The standard InChI is InChI=1S/C19H34N2O4/c1-9-11-14(10-2)13-24-17(23)21-15(18(3,4)5)12-20-16(22)25-19(6,7)8/h9-11,15H,12-13H2,1-8H3,(H,20,22)(H,21,23). The Morgan fingerprint density at radius 1 is 1.04 bits per heavy atom. The van der Waals surface area contributed by atoms with Crippen LogP contribution in [-0.2, 0) is 9.47 Å². The van der Waals surface area contributed by atoms with Crippen molar-refractivity contribution < 1.29 is 19.1 Å². The van der Waals surface area contributed by atoms with Crippen LogP contribution < -0.4 is 10.6 Å². The van der Waals surface area contributed by atoms with Crippen LogP contribution in [0.25, 0.3) is 0 Å². The molecule has 2 N–H and O–H groups in total. The summed E-state index contributed by atoms with van der Waals surface area (Å²) in [6, 6.07) is -0.303. The molecule has 0 aromatic carbocycles. The van der Waals surface area contributed by atoms with Crippen LogP contribution in [0.2, 0.25) is 0 Å². The van der Waals surface area contributed by atoms with E-state index in [1.54, 1.807) is 20.8 Å². The lowest BCUT2D eigenvalue weighted by atomic mass is 9.87. The first-order valence-electron chi connectivity index (χ1n) is 8.57. The molecule has 0 aliphatic heterocycles. The van der Waals surface area contributed by atoms with Crippen molar-refractivity contribution in [2.24, 2.45) is 5.41 Å². The summed E-state index contributed by atoms with van der Waals surface area (Å²) < 4.78 is 10.5. The molecule has 25 heavy (non-hydrogen) atoms. The number of allylic oxidation sites excluding steroid dienone is 2. The topological polar surface area (TPSA) is 76.7 Å². The molecule has 6 nitrogen and oxygen atoms in total. The Kier molecular flexibility index (Phi) is 9.31. The number of nitrogens with one attached hydrogen (secondary N) is 2. The first-order chi connectivity index (χ1) is 11.4. The summed E-state index contributed by atoms with van der Waals surface area (Å²) in [6.07, 6.45) is 4.63. The molecule has 144 valence electrons. The van der Waals surface area contributed by atoms with Gasteiger partial charge in [0.25, 0.3) is 0 Å². The van der Waals surface area contributed by atoms with Crippen LogP contribution in [0.1, 0.15) is 55.4 Å². The van der Waals surface area contributed by atoms with Crippen molar-refractivity contribution in [2.45, 2.75) is 67.0 Å². The van der Waals surface area contributed by atoms with Gasteiger partial charge in [0.15, 0.2) is 0 Å². The second kappa shape index (κ2) is 10.1. The zero-order valence-electron chi connectivity index (χ0n) is 16.9. The summed E-state index contributed by atoms with van der Waals surface area (Å²) in [5.74, 6) is 0. The van der Waals surface area contributed by atoms with E-state index in [0.29, 0.717) is 0 Å². The van der Waals surface area contributed by atoms with Crippen molar-refractivity contribution in [2.75, 3.05) is 13.2 Å². The number of ether oxygens (including phenoxy) is 2. The Labute approximate surface area is 152 Å². The van der Waals surface area contributed by atoms with Gasteiger partial charge in [-0.3, -0.25) is 0 Å². The zero-order chi connectivity index (χ0) is 19.7. The molecule has 0 radical (unpaired) electrons. The highest BCUT2D eigenvalue weighted by molar-refractivity contribution is 5.69. The monoisotopic (exact) mass is 354 g/mol. The molecule has 0 saturated heterocycles. The minimum Gasteiger partial charge on any atom is -0.445 e. The summed E-state index contributed by atoms with van der Waals surface area (Å²) >= 11 is 0. The van der Waals surface area contributed by atoms with Crippen LogP contribution in [0, 0.1) is 5.41 Å². The Bertz CT molecular complexity index is 497. The van der Waals surface area contributed by atoms with Gasteiger partial charge in [-0.15, -0.1) is 0 Å². The minimum absolute atomic E-state index is 0.197. The molecule has 0 aliphatic carbocycles. The van der Waals surface area contributed by atoms with E-state index in [1.807, 2.05) is 52.8 Å². The molecule has 0 heterocycles. The molecule has 0 aliphatic rings. The Hall–Kier alpha value is -1.98. The number of hydrogen-bond donors (Lipinski definition) is 2. The molecule has 0 bridgehead atoms. The smallest absolute Gasteiger partial charge is 0.407 e. The van der Waals surface area contributed by atoms with E-state index in [4.69, 9.17) is 9.47 Å². The fraction of sp³-hybridized carbons (Fsp3) is 0.684. The van der Waals surface area contributed by atoms with Crippen LogP contribution in [-0.4, -0.2) is 37.0 Å². The molecule has 1 unspecified atom stereocenters. The van der Waals surface area contributed by atoms with Crippen molar-refractivity contribution >= 4 is 12.2 Å². The van der Waals surface area contributed by atoms with Crippen molar-refractivity contribution in [3.63, 3.8) is 0 Å². The largest absolute Gasteiger partial charge is 0.445 e. The SMILES string of the molecule is CC=CC(=CC)COC(=O)NC(CNC(=O)OC(C)(C)C)C(C)(C)C. The Balaban J connectivity index is 4.64. The lowest BCUT2D eigenvalue weighted by Crippen LogP contribution is -2.51. The maximum Gasteiger partial charge on any atom is 0.407 e. The molecular formula is C19H34N2O4. The van der Waals surface area contributed by atoms with E-state index in [9.17, 15) is 9.59 Å². The maximum atomic E-state index is 12.1. The number of hydrogen-bond acceptors (Lipinski definition) is 4. The minimum atomic E-state index is -0.566. The first kappa shape index (κ1) is 23.0. The molecule has 6 heteroatoms. The van der Waals surface area contributed by atoms with Crippen molar-refractivity contribution in [1.29, 1.82) is 0 Å². The van der Waals surface area contributed by atoms with Gasteiger partial charge in [0.2, 0.25) is 0 Å². The van der Waals surface area contributed by atoms with Crippen LogP contribution >= 0.6 is 0 Å². The van der Waals surface area contributed by atoms with E-state index in [-0.39, 0.29) is 24.6 Å². The number of amides is 2. The van der Waals surface area contributed by atoms with Gasteiger partial charge in [-0.1, -0.05) is 39.0 Å². The molecule has 1 atom stereocenters. The Morgan fingerprint density at radius 3 is 2.08 bits per heavy atom. The molecule has 0 aromatic heterocycles. The number of carbonyl (C=O) groups excluding carboxylic acids is 2. The second-order valence-corrected chi connectivity index (χ2v) is 7.89. The average molecular weight is 354 g/mol. The second-order valence-electron chi connectivity index (χ2n) is 7.89. The molecule has 0 saturated carbocycles. The number of rotatable bonds is 6. The summed E-state index contributed by atoms with van der Waals surface area (Å²) in [4.78, 5) is 23.9. The van der Waals surface area contributed by atoms with Crippen molar-refractivity contribution in [3.8, 4) is 0 Å². The summed E-state index contributed by atoms with van der Waals surface area (Å²) in [6.45, 7) is 15.6. The van der Waals surface area contributed by atoms with Gasteiger partial charge in [-0.05, 0) is 45.6 Å². The highest BCUT2D eigenvalue weighted by atomic mass is 16.6. The van der Waals surface area contributed by atoms with Gasteiger partial charge in [-0.2, -0.15) is 0 Å². The fourth-order valence-electron chi connectivity index (χ4n) is 1.85. The van der Waals surface area contributed by atoms with E-state index in [2.05, 4.69) is 10.6 Å². The summed E-state index contributed by atoms with van der Waals surface area (Å²) in [7, 11) is 0. The van der Waals surface area contributed by atoms with Gasteiger partial charge in [0.05, 0.1) is 6.04 Å². The van der Waals surface area contributed by atoms with Crippen LogP contribution in [0.15, 0.2) is 23.8 Å². The van der Waals surface area contributed by atoms with Crippen LogP contribution in [0.5, 0.6) is 0 Å². The van der Waals surface area contributed by atoms with Crippen LogP contribution in [0.3, 0.4) is 0 Å². The number of carbonyl (C=O) groups is 2. The molecule has 0 aromatic rings. The van der Waals surface area contributed by atoms with Gasteiger partial charge in [-0.25, -0.2) is 9.59 Å². The van der Waals surface area contributed by atoms with Gasteiger partial charge < -0.3 is 20.1 Å². The summed E-state index contributed by atoms with van der Waals surface area (Å²) in [5, 5.41) is 5.51. The van der Waals surface area contributed by atoms with Crippen molar-refractivity contribution in [1.82, 2.24) is 10.6 Å².